The van der Waals surface area contributed by atoms with Crippen LogP contribution in [0.4, 0.5) is 0 Å². The van der Waals surface area contributed by atoms with E-state index in [-0.39, 0.29) is 62.6 Å². The maximum absolute atomic E-state index is 10.5. The number of Topliss-reactive ketones (excluding diaryl/α,β-unsaturated/α-hetero) is 1. The van der Waals surface area contributed by atoms with Crippen LogP contribution in [-0.4, -0.2) is 11.4 Å². The molecule has 0 aromatic heterocycles. The Morgan fingerprint density at radius 3 is 1.08 bits per heavy atom. The van der Waals surface area contributed by atoms with Crippen LogP contribution in [0.2, 0.25) is 0 Å². The number of carbonyl (C=O) groups excluding carboxylic acids is 1. The molecular weight excluding hydrogens is 191 g/mol. The fraction of sp³-hybridized carbons (Fsp3) is 0.900. The van der Waals surface area contributed by atoms with Crippen LogP contribution >= 0.6 is 0 Å². The van der Waals surface area contributed by atoms with Crippen LogP contribution in [0.25, 0.3) is 0 Å². The molecule has 0 aromatic rings. The van der Waals surface area contributed by atoms with Crippen molar-refractivity contribution >= 4 is 5.78 Å². The first-order chi connectivity index (χ1) is 4.94. The molecule has 0 heterocycles. The molecule has 0 radical (unpaired) electrons. The molecule has 3 heteroatoms. The molecule has 0 atom stereocenters. The summed E-state index contributed by atoms with van der Waals surface area (Å²) in [5, 5.41) is 10.1. The molecule has 0 saturated carbocycles. The van der Waals surface area contributed by atoms with Crippen LogP contribution in [0.1, 0.15) is 48.5 Å². The van der Waals surface area contributed by atoms with Crippen molar-refractivity contribution in [3.05, 3.63) is 0 Å². The maximum atomic E-state index is 10.5. The van der Waals surface area contributed by atoms with Crippen molar-refractivity contribution in [2.75, 3.05) is 0 Å². The molecule has 0 unspecified atom stereocenters. The minimum Gasteiger partial charge on any atom is -0.850 e. The van der Waals surface area contributed by atoms with Gasteiger partial charge in [0, 0.05) is 5.41 Å². The molecule has 0 amide bonds. The number of carbonyl (C=O) groups is 1. The van der Waals surface area contributed by atoms with Gasteiger partial charge in [0.2, 0.25) is 0 Å². The summed E-state index contributed by atoms with van der Waals surface area (Å²) in [6, 6.07) is 0. The summed E-state index contributed by atoms with van der Waals surface area (Å²) < 4.78 is 0. The van der Waals surface area contributed by atoms with E-state index in [0.717, 1.165) is 0 Å². The van der Waals surface area contributed by atoms with E-state index < -0.39 is 5.60 Å². The van der Waals surface area contributed by atoms with Crippen molar-refractivity contribution in [3.8, 4) is 0 Å². The normalized spacial score (nSPS) is 10.8. The second kappa shape index (κ2) is 7.54. The van der Waals surface area contributed by atoms with Crippen LogP contribution in [0.5, 0.6) is 0 Å². The Morgan fingerprint density at radius 2 is 1.08 bits per heavy atom. The van der Waals surface area contributed by atoms with Gasteiger partial charge in [0.25, 0.3) is 0 Å². The molecule has 0 saturated heterocycles. The van der Waals surface area contributed by atoms with E-state index in [4.69, 9.17) is 0 Å². The number of ketones is 1. The zero-order valence-corrected chi connectivity index (χ0v) is 13.4. The summed E-state index contributed by atoms with van der Waals surface area (Å²) in [5.74, 6) is 0.243. The van der Waals surface area contributed by atoms with E-state index in [9.17, 15) is 9.90 Å². The molecule has 0 aliphatic rings. The van der Waals surface area contributed by atoms with E-state index >= 15 is 0 Å². The van der Waals surface area contributed by atoms with Crippen LogP contribution in [0, 0.1) is 5.41 Å². The number of hydrogen-bond acceptors (Lipinski definition) is 2. The van der Waals surface area contributed by atoms with Crippen LogP contribution < -0.4 is 56.5 Å². The number of rotatable bonds is 0. The van der Waals surface area contributed by atoms with Gasteiger partial charge in [-0.15, -0.1) is 5.60 Å². The Labute approximate surface area is 125 Å². The van der Waals surface area contributed by atoms with Crippen molar-refractivity contribution in [1.82, 2.24) is 0 Å². The van der Waals surface area contributed by atoms with Crippen LogP contribution in [0.3, 0.4) is 0 Å². The third-order valence-corrected chi connectivity index (χ3v) is 1.06. The first kappa shape index (κ1) is 19.8. The summed E-state index contributed by atoms with van der Waals surface area (Å²) in [5.41, 5.74) is -0.889. The Bertz CT molecular complexity index is 134. The molecule has 0 bridgehead atoms. The summed E-state index contributed by atoms with van der Waals surface area (Å²) in [7, 11) is 0. The van der Waals surface area contributed by atoms with E-state index in [1.54, 1.807) is 27.7 Å². The van der Waals surface area contributed by atoms with Gasteiger partial charge in [0.1, 0.15) is 5.78 Å². The summed E-state index contributed by atoms with van der Waals surface area (Å²) in [4.78, 5) is 10.5. The molecule has 0 aliphatic heterocycles. The largest absolute Gasteiger partial charge is 1.00 e. The first-order valence-corrected chi connectivity index (χ1v) is 4.16. The van der Waals surface area contributed by atoms with Gasteiger partial charge in [-0.3, -0.25) is 4.79 Å². The molecule has 0 aliphatic carbocycles. The molecule has 0 spiro atoms. The van der Waals surface area contributed by atoms with Gasteiger partial charge >= 0.3 is 51.4 Å². The smallest absolute Gasteiger partial charge is 0.850 e. The van der Waals surface area contributed by atoms with E-state index in [1.807, 2.05) is 20.8 Å². The minimum absolute atomic E-state index is 0. The van der Waals surface area contributed by atoms with Gasteiger partial charge in [0.05, 0.1) is 0 Å². The zero-order valence-electron chi connectivity index (χ0n) is 10.3. The van der Waals surface area contributed by atoms with Gasteiger partial charge in [-0.25, -0.2) is 0 Å². The number of hydrogen-bond donors (Lipinski definition) is 0. The Kier molecular flexibility index (Phi) is 11.5. The summed E-state index contributed by atoms with van der Waals surface area (Å²) >= 11 is 0. The molecule has 2 nitrogen and oxygen atoms in total. The van der Waals surface area contributed by atoms with Crippen molar-refractivity contribution in [1.29, 1.82) is 0 Å². The van der Waals surface area contributed by atoms with E-state index in [0.29, 0.717) is 0 Å². The van der Waals surface area contributed by atoms with Gasteiger partial charge < -0.3 is 5.11 Å². The molecule has 0 N–H and O–H groups in total. The monoisotopic (exact) mass is 212 g/mol. The Hall–Kier alpha value is 1.27. The molecule has 13 heavy (non-hydrogen) atoms. The van der Waals surface area contributed by atoms with Crippen molar-refractivity contribution in [3.63, 3.8) is 0 Å². The standard InChI is InChI=1S/C6H12O.C4H9O.K/c1-5(7)6(2,3)4;1-4(2,3)5;/h1-4H3;1-3H3;/q;-1;+1. The Balaban J connectivity index is -0.000000150. The molecular formula is C10H21KO2. The van der Waals surface area contributed by atoms with Gasteiger partial charge in [-0.2, -0.15) is 0 Å². The van der Waals surface area contributed by atoms with Crippen molar-refractivity contribution in [2.24, 2.45) is 5.41 Å². The summed E-state index contributed by atoms with van der Waals surface area (Å²) in [6.45, 7) is 12.2. The fourth-order valence-corrected chi connectivity index (χ4v) is 0. The van der Waals surface area contributed by atoms with Gasteiger partial charge in [0.15, 0.2) is 0 Å². The SMILES string of the molecule is CC(=O)C(C)(C)C.CC(C)(C)[O-].[K+]. The van der Waals surface area contributed by atoms with E-state index in [1.165, 1.54) is 0 Å². The maximum Gasteiger partial charge on any atom is 1.00 e. The first-order valence-electron chi connectivity index (χ1n) is 4.16. The zero-order chi connectivity index (χ0) is 10.6. The fourth-order valence-electron chi connectivity index (χ4n) is 0. The molecule has 0 aromatic carbocycles. The molecule has 0 rings (SSSR count). The quantitative estimate of drug-likeness (QED) is 0.472. The average molecular weight is 212 g/mol. The molecule has 0 fully saturated rings. The topological polar surface area (TPSA) is 40.1 Å². The molecule has 74 valence electrons. The van der Waals surface area contributed by atoms with Crippen molar-refractivity contribution < 1.29 is 61.3 Å². The Morgan fingerprint density at radius 1 is 1.00 bits per heavy atom. The van der Waals surface area contributed by atoms with Gasteiger partial charge in [-0.1, -0.05) is 41.5 Å². The second-order valence-corrected chi connectivity index (χ2v) is 4.92. The third-order valence-electron chi connectivity index (χ3n) is 1.06. The second-order valence-electron chi connectivity index (χ2n) is 4.92. The average Bonchev–Trinajstić information content (AvgIpc) is 1.55. The van der Waals surface area contributed by atoms with Gasteiger partial charge in [-0.05, 0) is 6.92 Å². The minimum atomic E-state index is -0.750. The predicted molar refractivity (Wildman–Crippen MR) is 49.9 cm³/mol. The van der Waals surface area contributed by atoms with E-state index in [2.05, 4.69) is 0 Å². The van der Waals surface area contributed by atoms with Crippen LogP contribution in [-0.2, 0) is 4.79 Å². The summed E-state index contributed by atoms with van der Waals surface area (Å²) in [6.07, 6.45) is 0. The third kappa shape index (κ3) is 31.9. The van der Waals surface area contributed by atoms with Crippen LogP contribution in [0.15, 0.2) is 0 Å². The van der Waals surface area contributed by atoms with Crippen molar-refractivity contribution in [2.45, 2.75) is 54.1 Å². The predicted octanol–water partition coefficient (Wildman–Crippen LogP) is -1.23.